The molecule has 0 fully saturated rings. The number of ether oxygens (including phenoxy) is 3. The Kier molecular flexibility index (Phi) is 6.33. The zero-order chi connectivity index (χ0) is 18.2. The van der Waals surface area contributed by atoms with Gasteiger partial charge in [-0.15, -0.1) is 0 Å². The van der Waals surface area contributed by atoms with Gasteiger partial charge in [0, 0.05) is 23.9 Å². The van der Waals surface area contributed by atoms with E-state index in [1.54, 1.807) is 18.2 Å². The van der Waals surface area contributed by atoms with Crippen LogP contribution in [0.3, 0.4) is 0 Å². The molecule has 0 saturated heterocycles. The van der Waals surface area contributed by atoms with Crippen molar-refractivity contribution in [3.63, 3.8) is 0 Å². The van der Waals surface area contributed by atoms with Gasteiger partial charge in [0.05, 0.1) is 20.6 Å². The van der Waals surface area contributed by atoms with Crippen molar-refractivity contribution in [1.82, 2.24) is 0 Å². The van der Waals surface area contributed by atoms with E-state index in [1.165, 1.54) is 38.5 Å². The maximum atomic E-state index is 12.8. The van der Waals surface area contributed by atoms with Gasteiger partial charge >= 0.3 is 5.97 Å². The Labute approximate surface area is 144 Å². The van der Waals surface area contributed by atoms with Crippen LogP contribution in [0.1, 0.15) is 5.56 Å². The molecule has 0 aromatic heterocycles. The number of hydrogen-bond donors (Lipinski definition) is 1. The van der Waals surface area contributed by atoms with Crippen LogP contribution in [0.4, 0.5) is 10.1 Å². The molecular formula is C18H18FNO5. The fraction of sp³-hybridized carbons (Fsp3) is 0.222. The highest BCUT2D eigenvalue weighted by Gasteiger charge is 2.10. The minimum Gasteiger partial charge on any atom is -0.497 e. The molecule has 2 rings (SSSR count). The lowest BCUT2D eigenvalue weighted by Crippen LogP contribution is -2.21. The van der Waals surface area contributed by atoms with Crippen LogP contribution in [0.15, 0.2) is 42.5 Å². The van der Waals surface area contributed by atoms with E-state index < -0.39 is 18.5 Å². The lowest BCUT2D eigenvalue weighted by atomic mass is 10.1. The number of carbonyl (C=O) groups is 2. The molecule has 1 N–H and O–H groups in total. The summed E-state index contributed by atoms with van der Waals surface area (Å²) in [6.07, 6.45) is -0.0411. The summed E-state index contributed by atoms with van der Waals surface area (Å²) in [5, 5.41) is 2.59. The molecule has 0 heterocycles. The molecular weight excluding hydrogens is 329 g/mol. The zero-order valence-corrected chi connectivity index (χ0v) is 13.9. The van der Waals surface area contributed by atoms with Gasteiger partial charge in [0.1, 0.15) is 17.3 Å². The molecule has 0 bridgehead atoms. The van der Waals surface area contributed by atoms with Crippen LogP contribution in [0.25, 0.3) is 0 Å². The van der Waals surface area contributed by atoms with Crippen molar-refractivity contribution in [2.75, 3.05) is 26.1 Å². The molecule has 6 nitrogen and oxygen atoms in total. The number of esters is 1. The first kappa shape index (κ1) is 18.3. The highest BCUT2D eigenvalue weighted by Crippen LogP contribution is 2.25. The highest BCUT2D eigenvalue weighted by molar-refractivity contribution is 5.93. The Balaban J connectivity index is 1.85. The summed E-state index contributed by atoms with van der Waals surface area (Å²) in [5.74, 6) is -0.427. The van der Waals surface area contributed by atoms with Crippen molar-refractivity contribution in [3.05, 3.63) is 53.8 Å². The van der Waals surface area contributed by atoms with Crippen molar-refractivity contribution in [2.45, 2.75) is 6.42 Å². The van der Waals surface area contributed by atoms with E-state index in [9.17, 15) is 14.0 Å². The summed E-state index contributed by atoms with van der Waals surface area (Å²) >= 11 is 0. The number of benzene rings is 2. The molecule has 1 amide bonds. The summed E-state index contributed by atoms with van der Waals surface area (Å²) in [5.41, 5.74) is 1.06. The molecule has 7 heteroatoms. The van der Waals surface area contributed by atoms with Crippen molar-refractivity contribution < 1.29 is 28.2 Å². The van der Waals surface area contributed by atoms with Crippen molar-refractivity contribution in [1.29, 1.82) is 0 Å². The molecule has 0 spiro atoms. The van der Waals surface area contributed by atoms with Gasteiger partial charge in [0.2, 0.25) is 0 Å². The van der Waals surface area contributed by atoms with Crippen molar-refractivity contribution in [3.8, 4) is 11.5 Å². The summed E-state index contributed by atoms with van der Waals surface area (Å²) in [4.78, 5) is 23.6. The van der Waals surface area contributed by atoms with Crippen LogP contribution in [-0.4, -0.2) is 32.7 Å². The largest absolute Gasteiger partial charge is 0.497 e. The molecule has 2 aromatic carbocycles. The van der Waals surface area contributed by atoms with Gasteiger partial charge < -0.3 is 19.5 Å². The maximum absolute atomic E-state index is 12.8. The minimum atomic E-state index is -0.579. The van der Waals surface area contributed by atoms with Crippen LogP contribution in [0, 0.1) is 5.82 Å². The van der Waals surface area contributed by atoms with Gasteiger partial charge in [0.25, 0.3) is 5.91 Å². The van der Waals surface area contributed by atoms with Gasteiger partial charge in [-0.2, -0.15) is 0 Å². The first-order valence-corrected chi connectivity index (χ1v) is 7.43. The Morgan fingerprint density at radius 1 is 1.00 bits per heavy atom. The molecule has 0 aliphatic heterocycles. The fourth-order valence-electron chi connectivity index (χ4n) is 2.04. The molecule has 25 heavy (non-hydrogen) atoms. The number of methoxy groups -OCH3 is 2. The lowest BCUT2D eigenvalue weighted by molar-refractivity contribution is -0.146. The SMILES string of the molecule is COc1cc(NC(=O)COC(=O)Cc2ccc(F)cc2)cc(OC)c1. The summed E-state index contributed by atoms with van der Waals surface area (Å²) in [6.45, 7) is -0.431. The molecule has 0 saturated carbocycles. The van der Waals surface area contributed by atoms with Gasteiger partial charge in [-0.05, 0) is 17.7 Å². The van der Waals surface area contributed by atoms with E-state index in [4.69, 9.17) is 14.2 Å². The molecule has 0 aliphatic carbocycles. The molecule has 132 valence electrons. The number of amides is 1. The average Bonchev–Trinajstić information content (AvgIpc) is 2.61. The first-order valence-electron chi connectivity index (χ1n) is 7.43. The van der Waals surface area contributed by atoms with Gasteiger partial charge in [0.15, 0.2) is 6.61 Å². The second kappa shape index (κ2) is 8.68. The highest BCUT2D eigenvalue weighted by atomic mass is 19.1. The normalized spacial score (nSPS) is 10.0. The smallest absolute Gasteiger partial charge is 0.310 e. The Morgan fingerprint density at radius 3 is 2.16 bits per heavy atom. The molecule has 0 atom stereocenters. The first-order chi connectivity index (χ1) is 12.0. The summed E-state index contributed by atoms with van der Waals surface area (Å²) < 4.78 is 27.9. The number of carbonyl (C=O) groups excluding carboxylic acids is 2. The van der Waals surface area contributed by atoms with E-state index >= 15 is 0 Å². The standard InChI is InChI=1S/C18H18FNO5/c1-23-15-8-14(9-16(10-15)24-2)20-17(21)11-25-18(22)7-12-3-5-13(19)6-4-12/h3-6,8-10H,7,11H2,1-2H3,(H,20,21). The molecule has 0 radical (unpaired) electrons. The van der Waals surface area contributed by atoms with Crippen LogP contribution in [-0.2, 0) is 20.7 Å². The third kappa shape index (κ3) is 5.80. The number of hydrogen-bond acceptors (Lipinski definition) is 5. The predicted octanol–water partition coefficient (Wildman–Crippen LogP) is 2.57. The zero-order valence-electron chi connectivity index (χ0n) is 13.9. The Bertz CT molecular complexity index is 723. The molecule has 2 aromatic rings. The summed E-state index contributed by atoms with van der Waals surface area (Å²) in [6, 6.07) is 10.4. The fourth-order valence-corrected chi connectivity index (χ4v) is 2.04. The topological polar surface area (TPSA) is 73.9 Å². The number of anilines is 1. The van der Waals surface area contributed by atoms with Crippen molar-refractivity contribution >= 4 is 17.6 Å². The molecule has 0 aliphatic rings. The third-order valence-corrected chi connectivity index (χ3v) is 3.26. The Hall–Kier alpha value is -3.09. The van der Waals surface area contributed by atoms with E-state index in [1.807, 2.05) is 0 Å². The van der Waals surface area contributed by atoms with Gasteiger partial charge in [-0.3, -0.25) is 9.59 Å². The van der Waals surface area contributed by atoms with Crippen LogP contribution in [0.2, 0.25) is 0 Å². The van der Waals surface area contributed by atoms with Crippen LogP contribution >= 0.6 is 0 Å². The summed E-state index contributed by atoms with van der Waals surface area (Å²) in [7, 11) is 3.00. The average molecular weight is 347 g/mol. The quantitative estimate of drug-likeness (QED) is 0.779. The minimum absolute atomic E-state index is 0.0411. The van der Waals surface area contributed by atoms with E-state index in [0.717, 1.165) is 0 Å². The van der Waals surface area contributed by atoms with Gasteiger partial charge in [-0.1, -0.05) is 12.1 Å². The third-order valence-electron chi connectivity index (χ3n) is 3.26. The van der Waals surface area contributed by atoms with E-state index in [0.29, 0.717) is 22.7 Å². The van der Waals surface area contributed by atoms with Gasteiger partial charge in [-0.25, -0.2) is 4.39 Å². The second-order valence-corrected chi connectivity index (χ2v) is 5.11. The monoisotopic (exact) mass is 347 g/mol. The lowest BCUT2D eigenvalue weighted by Gasteiger charge is -2.10. The molecule has 0 unspecified atom stereocenters. The van der Waals surface area contributed by atoms with E-state index in [-0.39, 0.29) is 12.2 Å². The second-order valence-electron chi connectivity index (χ2n) is 5.11. The van der Waals surface area contributed by atoms with E-state index in [2.05, 4.69) is 5.32 Å². The van der Waals surface area contributed by atoms with Crippen LogP contribution in [0.5, 0.6) is 11.5 Å². The van der Waals surface area contributed by atoms with Crippen LogP contribution < -0.4 is 14.8 Å². The maximum Gasteiger partial charge on any atom is 0.310 e. The number of nitrogens with one attached hydrogen (secondary N) is 1. The number of halogens is 1. The van der Waals surface area contributed by atoms with Crippen molar-refractivity contribution in [2.24, 2.45) is 0 Å². The Morgan fingerprint density at radius 2 is 1.60 bits per heavy atom. The number of rotatable bonds is 7. The predicted molar refractivity (Wildman–Crippen MR) is 89.2 cm³/mol.